The van der Waals surface area contributed by atoms with Gasteiger partial charge in [-0.15, -0.1) is 0 Å². The molecule has 0 aliphatic carbocycles. The second-order valence-corrected chi connectivity index (χ2v) is 8.82. The molecule has 122 valence electrons. The maximum Gasteiger partial charge on any atom is 0.238 e. The fourth-order valence-corrected chi connectivity index (χ4v) is 5.18. The molecule has 0 saturated carbocycles. The van der Waals surface area contributed by atoms with E-state index in [-0.39, 0.29) is 23.7 Å². The first-order valence-corrected chi connectivity index (χ1v) is 10.4. The molecule has 0 aromatic rings. The minimum absolute atomic E-state index is 0.0528. The molecule has 2 saturated heterocycles. The van der Waals surface area contributed by atoms with Crippen LogP contribution in [0.15, 0.2) is 0 Å². The number of nitrogens with zero attached hydrogens (tertiary/aromatic N) is 1. The van der Waals surface area contributed by atoms with Gasteiger partial charge in [0.25, 0.3) is 0 Å². The van der Waals surface area contributed by atoms with Crippen molar-refractivity contribution in [1.82, 2.24) is 14.9 Å². The number of hydrogen-bond donors (Lipinski definition) is 2. The maximum atomic E-state index is 12.1. The van der Waals surface area contributed by atoms with Crippen LogP contribution in [0.25, 0.3) is 0 Å². The summed E-state index contributed by atoms with van der Waals surface area (Å²) in [6.45, 7) is 3.77. The predicted molar refractivity (Wildman–Crippen MR) is 85.9 cm³/mol. The van der Waals surface area contributed by atoms with Gasteiger partial charge in [0.1, 0.15) is 0 Å². The molecular formula is C13H25N3O3S2. The highest BCUT2D eigenvalue weighted by Crippen LogP contribution is 2.16. The van der Waals surface area contributed by atoms with E-state index in [0.717, 1.165) is 18.1 Å². The van der Waals surface area contributed by atoms with Gasteiger partial charge in [0.15, 0.2) is 0 Å². The molecular weight excluding hydrogens is 310 g/mol. The Morgan fingerprint density at radius 3 is 2.67 bits per heavy atom. The van der Waals surface area contributed by atoms with Crippen LogP contribution in [-0.4, -0.2) is 67.6 Å². The fraction of sp³-hybridized carbons (Fsp3) is 0.923. The molecule has 0 spiro atoms. The fourth-order valence-electron chi connectivity index (χ4n) is 2.70. The summed E-state index contributed by atoms with van der Waals surface area (Å²) in [5, 5.41) is 6.28. The van der Waals surface area contributed by atoms with E-state index in [9.17, 15) is 13.2 Å². The second-order valence-electron chi connectivity index (χ2n) is 5.58. The van der Waals surface area contributed by atoms with Crippen molar-refractivity contribution in [3.63, 3.8) is 0 Å². The lowest BCUT2D eigenvalue weighted by molar-refractivity contribution is -0.123. The molecule has 1 atom stereocenters. The highest BCUT2D eigenvalue weighted by molar-refractivity contribution is 7.99. The van der Waals surface area contributed by atoms with E-state index >= 15 is 0 Å². The quantitative estimate of drug-likeness (QED) is 0.740. The molecule has 2 N–H and O–H groups in total. The number of hydrogen-bond acceptors (Lipinski definition) is 5. The lowest BCUT2D eigenvalue weighted by Gasteiger charge is -2.33. The van der Waals surface area contributed by atoms with Gasteiger partial charge in [0.2, 0.25) is 15.9 Å². The Labute approximate surface area is 131 Å². The van der Waals surface area contributed by atoms with Gasteiger partial charge in [-0.1, -0.05) is 6.92 Å². The number of thioether (sulfide) groups is 1. The highest BCUT2D eigenvalue weighted by atomic mass is 32.2. The number of amides is 1. The molecule has 2 aliphatic heterocycles. The number of carbonyl (C=O) groups excluding carboxylic acids is 1. The van der Waals surface area contributed by atoms with Crippen LogP contribution in [-0.2, 0) is 14.8 Å². The zero-order chi connectivity index (χ0) is 15.3. The van der Waals surface area contributed by atoms with Crippen molar-refractivity contribution in [3.8, 4) is 0 Å². The summed E-state index contributed by atoms with van der Waals surface area (Å²) in [7, 11) is -3.10. The molecule has 0 radical (unpaired) electrons. The first-order chi connectivity index (χ1) is 10.0. The lowest BCUT2D eigenvalue weighted by Crippen LogP contribution is -2.54. The lowest BCUT2D eigenvalue weighted by atomic mass is 10.1. The Balaban J connectivity index is 1.77. The zero-order valence-corrected chi connectivity index (χ0v) is 14.1. The van der Waals surface area contributed by atoms with Crippen molar-refractivity contribution in [2.45, 2.75) is 38.3 Å². The van der Waals surface area contributed by atoms with Gasteiger partial charge in [-0.3, -0.25) is 4.79 Å². The number of rotatable bonds is 5. The van der Waals surface area contributed by atoms with Gasteiger partial charge < -0.3 is 10.6 Å². The maximum absolute atomic E-state index is 12.1. The molecule has 6 nitrogen and oxygen atoms in total. The van der Waals surface area contributed by atoms with Crippen LogP contribution in [0.4, 0.5) is 0 Å². The summed E-state index contributed by atoms with van der Waals surface area (Å²) >= 11 is 1.79. The van der Waals surface area contributed by atoms with Gasteiger partial charge in [-0.05, 0) is 19.3 Å². The monoisotopic (exact) mass is 335 g/mol. The third-order valence-corrected chi connectivity index (χ3v) is 7.03. The Bertz CT molecular complexity index is 442. The van der Waals surface area contributed by atoms with Gasteiger partial charge in [0.05, 0.1) is 11.8 Å². The third kappa shape index (κ3) is 4.84. The molecule has 0 aromatic heterocycles. The smallest absolute Gasteiger partial charge is 0.238 e. The topological polar surface area (TPSA) is 78.5 Å². The largest absolute Gasteiger partial charge is 0.352 e. The normalized spacial score (nSPS) is 25.7. The summed E-state index contributed by atoms with van der Waals surface area (Å²) in [6, 6.07) is -0.00935. The third-order valence-electron chi connectivity index (χ3n) is 3.89. The summed E-state index contributed by atoms with van der Waals surface area (Å²) in [4.78, 5) is 12.1. The first kappa shape index (κ1) is 17.1. The van der Waals surface area contributed by atoms with E-state index in [1.54, 1.807) is 16.1 Å². The van der Waals surface area contributed by atoms with Crippen LogP contribution in [0.2, 0.25) is 0 Å². The SMILES string of the molecule is CCCS(=O)(=O)N1CCC(NC(=O)C2CSCCN2)CC1. The highest BCUT2D eigenvalue weighted by Gasteiger charge is 2.29. The first-order valence-electron chi connectivity index (χ1n) is 7.62. The second kappa shape index (κ2) is 7.80. The summed E-state index contributed by atoms with van der Waals surface area (Å²) in [6.07, 6.45) is 2.05. The average Bonchev–Trinajstić information content (AvgIpc) is 2.48. The molecule has 2 heterocycles. The van der Waals surface area contributed by atoms with Crippen LogP contribution in [0.1, 0.15) is 26.2 Å². The van der Waals surface area contributed by atoms with Crippen LogP contribution < -0.4 is 10.6 Å². The molecule has 1 unspecified atom stereocenters. The van der Waals surface area contributed by atoms with E-state index in [1.807, 2.05) is 6.92 Å². The summed E-state index contributed by atoms with van der Waals surface area (Å²) < 4.78 is 25.5. The van der Waals surface area contributed by atoms with Crippen LogP contribution in [0.5, 0.6) is 0 Å². The van der Waals surface area contributed by atoms with E-state index in [1.165, 1.54) is 0 Å². The molecule has 1 amide bonds. The molecule has 2 aliphatic rings. The van der Waals surface area contributed by atoms with E-state index in [2.05, 4.69) is 10.6 Å². The number of nitrogens with one attached hydrogen (secondary N) is 2. The molecule has 8 heteroatoms. The Morgan fingerprint density at radius 2 is 2.10 bits per heavy atom. The predicted octanol–water partition coefficient (Wildman–Crippen LogP) is 0.0118. The van der Waals surface area contributed by atoms with Crippen molar-refractivity contribution < 1.29 is 13.2 Å². The van der Waals surface area contributed by atoms with Gasteiger partial charge in [-0.25, -0.2) is 12.7 Å². The van der Waals surface area contributed by atoms with Crippen molar-refractivity contribution in [1.29, 1.82) is 0 Å². The minimum Gasteiger partial charge on any atom is -0.352 e. The number of sulfonamides is 1. The molecule has 0 bridgehead atoms. The Hall–Kier alpha value is -0.310. The summed E-state index contributed by atoms with van der Waals surface area (Å²) in [5.74, 6) is 2.14. The zero-order valence-electron chi connectivity index (χ0n) is 12.5. The minimum atomic E-state index is -3.10. The van der Waals surface area contributed by atoms with Gasteiger partial charge in [-0.2, -0.15) is 11.8 Å². The van der Waals surface area contributed by atoms with Gasteiger partial charge in [0, 0.05) is 37.2 Å². The number of piperidine rings is 1. The number of carbonyl (C=O) groups is 1. The Morgan fingerprint density at radius 1 is 1.38 bits per heavy atom. The van der Waals surface area contributed by atoms with E-state index in [0.29, 0.717) is 32.4 Å². The molecule has 2 fully saturated rings. The molecule has 0 aromatic carbocycles. The van der Waals surface area contributed by atoms with Crippen molar-refractivity contribution >= 4 is 27.7 Å². The van der Waals surface area contributed by atoms with Crippen molar-refractivity contribution in [3.05, 3.63) is 0 Å². The van der Waals surface area contributed by atoms with Crippen molar-refractivity contribution in [2.75, 3.05) is 36.9 Å². The Kier molecular flexibility index (Phi) is 6.34. The van der Waals surface area contributed by atoms with Crippen molar-refractivity contribution in [2.24, 2.45) is 0 Å². The van der Waals surface area contributed by atoms with Crippen LogP contribution in [0, 0.1) is 0 Å². The summed E-state index contributed by atoms with van der Waals surface area (Å²) in [5.41, 5.74) is 0. The average molecular weight is 335 g/mol. The molecule has 21 heavy (non-hydrogen) atoms. The van der Waals surface area contributed by atoms with E-state index < -0.39 is 10.0 Å². The standard InChI is InChI=1S/C13H25N3O3S2/c1-2-9-21(18,19)16-6-3-11(4-7-16)15-13(17)12-10-20-8-5-14-12/h11-12,14H,2-10H2,1H3,(H,15,17). The van der Waals surface area contributed by atoms with Gasteiger partial charge >= 0.3 is 0 Å². The van der Waals surface area contributed by atoms with Crippen LogP contribution >= 0.6 is 11.8 Å². The molecule has 2 rings (SSSR count). The van der Waals surface area contributed by atoms with E-state index in [4.69, 9.17) is 0 Å². The van der Waals surface area contributed by atoms with Crippen LogP contribution in [0.3, 0.4) is 0 Å².